The zero-order chi connectivity index (χ0) is 13.5. The Morgan fingerprint density at radius 1 is 1.50 bits per heavy atom. The van der Waals surface area contributed by atoms with Crippen LogP contribution in [-0.4, -0.2) is 17.0 Å². The number of nitrogens with zero attached hydrogens (tertiary/aromatic N) is 1. The number of rotatable bonds is 5. The molecule has 0 spiro atoms. The van der Waals surface area contributed by atoms with Crippen molar-refractivity contribution in [2.45, 2.75) is 19.9 Å². The molecule has 0 radical (unpaired) electrons. The van der Waals surface area contributed by atoms with Crippen LogP contribution in [-0.2, 0) is 11.3 Å². The van der Waals surface area contributed by atoms with E-state index in [-0.39, 0.29) is 24.1 Å². The van der Waals surface area contributed by atoms with Gasteiger partial charge in [-0.25, -0.2) is 4.39 Å². The minimum atomic E-state index is -0.657. The minimum absolute atomic E-state index is 0.117. The third-order valence-corrected chi connectivity index (χ3v) is 2.58. The summed E-state index contributed by atoms with van der Waals surface area (Å²) in [6.45, 7) is 2.04. The van der Waals surface area contributed by atoms with Gasteiger partial charge < -0.3 is 16.3 Å². The van der Waals surface area contributed by atoms with E-state index in [1.807, 2.05) is 0 Å². The largest absolute Gasteiger partial charge is 0.409 e. The van der Waals surface area contributed by atoms with Crippen molar-refractivity contribution in [1.29, 1.82) is 0 Å². The lowest BCUT2D eigenvalue weighted by atomic mass is 10.0. The second-order valence-corrected chi connectivity index (χ2v) is 3.83. The molecule has 0 aliphatic carbocycles. The van der Waals surface area contributed by atoms with Gasteiger partial charge in [-0.3, -0.25) is 4.79 Å². The van der Waals surface area contributed by atoms with Gasteiger partial charge in [0.25, 0.3) is 0 Å². The van der Waals surface area contributed by atoms with Crippen LogP contribution in [0.2, 0.25) is 0 Å². The number of oxime groups is 1. The van der Waals surface area contributed by atoms with Crippen LogP contribution in [0.4, 0.5) is 4.39 Å². The summed E-state index contributed by atoms with van der Waals surface area (Å²) in [5.41, 5.74) is 6.18. The molecule has 18 heavy (non-hydrogen) atoms. The van der Waals surface area contributed by atoms with Crippen molar-refractivity contribution in [3.63, 3.8) is 0 Å². The van der Waals surface area contributed by atoms with Crippen molar-refractivity contribution in [2.75, 3.05) is 0 Å². The van der Waals surface area contributed by atoms with Gasteiger partial charge in [0, 0.05) is 6.54 Å². The Labute approximate surface area is 104 Å². The van der Waals surface area contributed by atoms with Crippen LogP contribution in [0.5, 0.6) is 0 Å². The average molecular weight is 253 g/mol. The molecule has 1 aromatic rings. The third-order valence-electron chi connectivity index (χ3n) is 2.58. The first kappa shape index (κ1) is 14.0. The fourth-order valence-corrected chi connectivity index (χ4v) is 1.51. The Bertz CT molecular complexity index is 431. The van der Waals surface area contributed by atoms with Crippen molar-refractivity contribution in [1.82, 2.24) is 5.32 Å². The maximum atomic E-state index is 12.7. The third kappa shape index (κ3) is 3.73. The molecule has 0 heterocycles. The summed E-state index contributed by atoms with van der Waals surface area (Å²) in [6, 6.07) is 5.81. The van der Waals surface area contributed by atoms with Crippen LogP contribution >= 0.6 is 0 Å². The molecule has 6 heteroatoms. The molecule has 0 aromatic heterocycles. The molecular formula is C12H16FN3O2. The summed E-state index contributed by atoms with van der Waals surface area (Å²) in [5, 5.41) is 14.0. The highest BCUT2D eigenvalue weighted by molar-refractivity contribution is 6.01. The predicted molar refractivity (Wildman–Crippen MR) is 65.4 cm³/mol. The van der Waals surface area contributed by atoms with E-state index in [0.29, 0.717) is 6.42 Å². The van der Waals surface area contributed by atoms with Gasteiger partial charge in [-0.05, 0) is 24.1 Å². The first-order valence-corrected chi connectivity index (χ1v) is 5.58. The maximum absolute atomic E-state index is 12.7. The second-order valence-electron chi connectivity index (χ2n) is 3.83. The van der Waals surface area contributed by atoms with Gasteiger partial charge in [0.15, 0.2) is 5.84 Å². The van der Waals surface area contributed by atoms with Crippen LogP contribution in [0.15, 0.2) is 29.4 Å². The molecule has 0 fully saturated rings. The molecule has 0 bridgehead atoms. The van der Waals surface area contributed by atoms with Gasteiger partial charge in [0.05, 0.1) is 5.92 Å². The maximum Gasteiger partial charge on any atom is 0.231 e. The van der Waals surface area contributed by atoms with E-state index in [9.17, 15) is 9.18 Å². The highest BCUT2D eigenvalue weighted by Gasteiger charge is 2.20. The first-order chi connectivity index (χ1) is 8.58. The molecule has 1 atom stereocenters. The molecule has 1 unspecified atom stereocenters. The summed E-state index contributed by atoms with van der Waals surface area (Å²) < 4.78 is 12.7. The lowest BCUT2D eigenvalue weighted by Crippen LogP contribution is -2.38. The van der Waals surface area contributed by atoms with Crippen molar-refractivity contribution >= 4 is 11.7 Å². The molecule has 1 rings (SSSR count). The van der Waals surface area contributed by atoms with E-state index in [1.165, 1.54) is 12.1 Å². The molecule has 98 valence electrons. The molecule has 0 saturated heterocycles. The Morgan fingerprint density at radius 3 is 2.61 bits per heavy atom. The van der Waals surface area contributed by atoms with Crippen LogP contribution in [0, 0.1) is 11.7 Å². The number of nitrogens with one attached hydrogen (secondary N) is 1. The average Bonchev–Trinajstić information content (AvgIpc) is 2.38. The predicted octanol–water partition coefficient (Wildman–Crippen LogP) is 1.21. The Morgan fingerprint density at radius 2 is 2.11 bits per heavy atom. The van der Waals surface area contributed by atoms with Gasteiger partial charge in [-0.2, -0.15) is 0 Å². The first-order valence-electron chi connectivity index (χ1n) is 5.58. The van der Waals surface area contributed by atoms with Gasteiger partial charge in [0.2, 0.25) is 5.91 Å². The summed E-state index contributed by atoms with van der Waals surface area (Å²) in [6.07, 6.45) is 0.436. The zero-order valence-corrected chi connectivity index (χ0v) is 10.1. The summed E-state index contributed by atoms with van der Waals surface area (Å²) in [7, 11) is 0. The Kier molecular flexibility index (Phi) is 5.10. The smallest absolute Gasteiger partial charge is 0.231 e. The number of halogens is 1. The summed E-state index contributed by atoms with van der Waals surface area (Å²) in [5.74, 6) is -1.42. The highest BCUT2D eigenvalue weighted by Crippen LogP contribution is 2.05. The molecule has 1 amide bonds. The van der Waals surface area contributed by atoms with Gasteiger partial charge >= 0.3 is 0 Å². The molecule has 0 aliphatic rings. The number of nitrogens with two attached hydrogens (primary N) is 1. The number of carbonyl (C=O) groups excluding carboxylic acids is 1. The standard InChI is InChI=1S/C12H16FN3O2/c1-2-10(11(14)16-18)12(17)15-7-8-3-5-9(13)6-4-8/h3-6,10,18H,2,7H2,1H3,(H2,14,16)(H,15,17). The monoisotopic (exact) mass is 253 g/mol. The van der Waals surface area contributed by atoms with E-state index < -0.39 is 5.92 Å². The Hall–Kier alpha value is -2.11. The minimum Gasteiger partial charge on any atom is -0.409 e. The molecule has 4 N–H and O–H groups in total. The normalized spacial score (nSPS) is 13.1. The molecule has 0 aliphatic heterocycles. The zero-order valence-electron chi connectivity index (χ0n) is 10.1. The summed E-state index contributed by atoms with van der Waals surface area (Å²) in [4.78, 5) is 11.8. The number of hydrogen-bond acceptors (Lipinski definition) is 3. The fraction of sp³-hybridized carbons (Fsp3) is 0.333. The second kappa shape index (κ2) is 6.58. The van der Waals surface area contributed by atoms with E-state index in [4.69, 9.17) is 10.9 Å². The van der Waals surface area contributed by atoms with Gasteiger partial charge in [-0.15, -0.1) is 0 Å². The van der Waals surface area contributed by atoms with Gasteiger partial charge in [-0.1, -0.05) is 24.2 Å². The van der Waals surface area contributed by atoms with Crippen LogP contribution in [0.3, 0.4) is 0 Å². The molecular weight excluding hydrogens is 237 g/mol. The molecule has 0 saturated carbocycles. The van der Waals surface area contributed by atoms with Crippen LogP contribution < -0.4 is 11.1 Å². The quantitative estimate of drug-likeness (QED) is 0.319. The SMILES string of the molecule is CCC(C(=O)NCc1ccc(F)cc1)C(N)=NO. The van der Waals surface area contributed by atoms with Crippen molar-refractivity contribution < 1.29 is 14.4 Å². The number of amidine groups is 1. The van der Waals surface area contributed by atoms with E-state index in [0.717, 1.165) is 5.56 Å². The van der Waals surface area contributed by atoms with Crippen LogP contribution in [0.1, 0.15) is 18.9 Å². The molecule has 1 aromatic carbocycles. The fourth-order valence-electron chi connectivity index (χ4n) is 1.51. The highest BCUT2D eigenvalue weighted by atomic mass is 19.1. The Balaban J connectivity index is 2.57. The number of carbonyl (C=O) groups is 1. The van der Waals surface area contributed by atoms with Crippen molar-refractivity contribution in [3.05, 3.63) is 35.6 Å². The van der Waals surface area contributed by atoms with Gasteiger partial charge in [0.1, 0.15) is 5.82 Å². The van der Waals surface area contributed by atoms with E-state index >= 15 is 0 Å². The van der Waals surface area contributed by atoms with E-state index in [2.05, 4.69) is 10.5 Å². The lowest BCUT2D eigenvalue weighted by molar-refractivity contribution is -0.123. The number of amides is 1. The van der Waals surface area contributed by atoms with Crippen LogP contribution in [0.25, 0.3) is 0 Å². The number of hydrogen-bond donors (Lipinski definition) is 3. The lowest BCUT2D eigenvalue weighted by Gasteiger charge is -2.13. The van der Waals surface area contributed by atoms with Crippen molar-refractivity contribution in [2.24, 2.45) is 16.8 Å². The van der Waals surface area contributed by atoms with Crippen molar-refractivity contribution in [3.8, 4) is 0 Å². The van der Waals surface area contributed by atoms with E-state index in [1.54, 1.807) is 19.1 Å². The molecule has 5 nitrogen and oxygen atoms in total. The summed E-state index contributed by atoms with van der Waals surface area (Å²) >= 11 is 0. The number of benzene rings is 1. The topological polar surface area (TPSA) is 87.7 Å².